The Morgan fingerprint density at radius 3 is 2.36 bits per heavy atom. The molecule has 2 heterocycles. The Hall–Kier alpha value is -0.160. The van der Waals surface area contributed by atoms with Crippen LogP contribution in [0.5, 0.6) is 0 Å². The van der Waals surface area contributed by atoms with Crippen molar-refractivity contribution in [2.75, 3.05) is 46.1 Å². The van der Waals surface area contributed by atoms with E-state index in [9.17, 15) is 0 Å². The summed E-state index contributed by atoms with van der Waals surface area (Å²) in [6.45, 7) is 8.78. The Morgan fingerprint density at radius 1 is 1.14 bits per heavy atom. The lowest BCUT2D eigenvalue weighted by Crippen LogP contribution is -2.61. The number of nitrogens with zero attached hydrogens (tertiary/aromatic N) is 1. The SMILES string of the molecule is CCN1CC(NC2COCCOC2)C1. The average molecular weight is 200 g/mol. The number of likely N-dealkylation sites (tertiary alicyclic amines) is 1. The number of hydrogen-bond acceptors (Lipinski definition) is 4. The molecule has 1 N–H and O–H groups in total. The lowest BCUT2D eigenvalue weighted by atomic mass is 10.1. The van der Waals surface area contributed by atoms with E-state index in [4.69, 9.17) is 9.47 Å². The second-order valence-electron chi connectivity index (χ2n) is 4.06. The first-order chi connectivity index (χ1) is 6.88. The molecule has 0 aromatic rings. The van der Waals surface area contributed by atoms with E-state index in [-0.39, 0.29) is 0 Å². The molecule has 0 atom stereocenters. The first kappa shape index (κ1) is 10.4. The first-order valence-corrected chi connectivity index (χ1v) is 5.52. The van der Waals surface area contributed by atoms with Crippen molar-refractivity contribution in [2.45, 2.75) is 19.0 Å². The third-order valence-electron chi connectivity index (χ3n) is 2.89. The summed E-state index contributed by atoms with van der Waals surface area (Å²) in [7, 11) is 0. The van der Waals surface area contributed by atoms with Crippen LogP contribution in [-0.2, 0) is 9.47 Å². The topological polar surface area (TPSA) is 33.7 Å². The molecule has 0 unspecified atom stereocenters. The highest BCUT2D eigenvalue weighted by Crippen LogP contribution is 2.08. The van der Waals surface area contributed by atoms with Crippen molar-refractivity contribution in [3.05, 3.63) is 0 Å². The molecule has 0 aromatic heterocycles. The van der Waals surface area contributed by atoms with E-state index in [1.165, 1.54) is 13.1 Å². The van der Waals surface area contributed by atoms with Gasteiger partial charge in [0, 0.05) is 19.1 Å². The average Bonchev–Trinajstić information content (AvgIpc) is 2.38. The third kappa shape index (κ3) is 2.67. The number of rotatable bonds is 3. The van der Waals surface area contributed by atoms with Gasteiger partial charge >= 0.3 is 0 Å². The minimum atomic E-state index is 0.390. The summed E-state index contributed by atoms with van der Waals surface area (Å²) in [5.74, 6) is 0. The maximum Gasteiger partial charge on any atom is 0.0701 e. The van der Waals surface area contributed by atoms with Crippen molar-refractivity contribution >= 4 is 0 Å². The number of nitrogens with one attached hydrogen (secondary N) is 1. The summed E-state index contributed by atoms with van der Waals surface area (Å²) in [6.07, 6.45) is 0. The fourth-order valence-electron chi connectivity index (χ4n) is 1.98. The van der Waals surface area contributed by atoms with Crippen LogP contribution in [0.4, 0.5) is 0 Å². The van der Waals surface area contributed by atoms with Gasteiger partial charge < -0.3 is 19.7 Å². The van der Waals surface area contributed by atoms with E-state index in [1.807, 2.05) is 0 Å². The zero-order valence-corrected chi connectivity index (χ0v) is 8.87. The van der Waals surface area contributed by atoms with Gasteiger partial charge in [-0.3, -0.25) is 0 Å². The highest BCUT2D eigenvalue weighted by atomic mass is 16.5. The molecule has 0 spiro atoms. The van der Waals surface area contributed by atoms with Crippen LogP contribution in [0.25, 0.3) is 0 Å². The van der Waals surface area contributed by atoms with Crippen molar-refractivity contribution in [1.82, 2.24) is 10.2 Å². The minimum absolute atomic E-state index is 0.390. The van der Waals surface area contributed by atoms with Crippen LogP contribution in [0.2, 0.25) is 0 Å². The monoisotopic (exact) mass is 200 g/mol. The molecule has 82 valence electrons. The van der Waals surface area contributed by atoms with Crippen LogP contribution >= 0.6 is 0 Å². The van der Waals surface area contributed by atoms with Gasteiger partial charge in [-0.1, -0.05) is 6.92 Å². The Balaban J connectivity index is 1.64. The summed E-state index contributed by atoms with van der Waals surface area (Å²) < 4.78 is 10.9. The van der Waals surface area contributed by atoms with E-state index in [1.54, 1.807) is 0 Å². The third-order valence-corrected chi connectivity index (χ3v) is 2.89. The van der Waals surface area contributed by atoms with Crippen LogP contribution in [0.1, 0.15) is 6.92 Å². The van der Waals surface area contributed by atoms with Crippen LogP contribution < -0.4 is 5.32 Å². The molecule has 0 amide bonds. The summed E-state index contributed by atoms with van der Waals surface area (Å²) in [6, 6.07) is 1.03. The molecule has 14 heavy (non-hydrogen) atoms. The molecule has 2 aliphatic rings. The normalized spacial score (nSPS) is 27.2. The van der Waals surface area contributed by atoms with E-state index >= 15 is 0 Å². The van der Waals surface area contributed by atoms with Gasteiger partial charge in [0.15, 0.2) is 0 Å². The second kappa shape index (κ2) is 5.07. The quantitative estimate of drug-likeness (QED) is 0.678. The highest BCUT2D eigenvalue weighted by Gasteiger charge is 2.27. The van der Waals surface area contributed by atoms with Gasteiger partial charge in [0.1, 0.15) is 0 Å². The largest absolute Gasteiger partial charge is 0.377 e. The zero-order valence-electron chi connectivity index (χ0n) is 8.87. The van der Waals surface area contributed by atoms with E-state index < -0.39 is 0 Å². The van der Waals surface area contributed by atoms with Crippen molar-refractivity contribution < 1.29 is 9.47 Å². The van der Waals surface area contributed by atoms with Gasteiger partial charge in [0.05, 0.1) is 32.5 Å². The summed E-state index contributed by atoms with van der Waals surface area (Å²) in [4.78, 5) is 2.43. The van der Waals surface area contributed by atoms with Crippen LogP contribution in [0.3, 0.4) is 0 Å². The van der Waals surface area contributed by atoms with Gasteiger partial charge in [-0.25, -0.2) is 0 Å². The molecule has 2 saturated heterocycles. The molecule has 0 aromatic carbocycles. The Kier molecular flexibility index (Phi) is 3.75. The van der Waals surface area contributed by atoms with E-state index in [2.05, 4.69) is 17.1 Å². The van der Waals surface area contributed by atoms with E-state index in [0.29, 0.717) is 12.1 Å². The second-order valence-corrected chi connectivity index (χ2v) is 4.06. The Bertz CT molecular complexity index is 164. The standard InChI is InChI=1S/C10H20N2O2/c1-2-12-5-9(6-12)11-10-7-13-3-4-14-8-10/h9-11H,2-8H2,1H3. The molecule has 4 heteroatoms. The zero-order chi connectivity index (χ0) is 9.80. The molecule has 0 saturated carbocycles. The first-order valence-electron chi connectivity index (χ1n) is 5.52. The van der Waals surface area contributed by atoms with Crippen molar-refractivity contribution in [1.29, 1.82) is 0 Å². The molecule has 0 radical (unpaired) electrons. The van der Waals surface area contributed by atoms with Crippen molar-refractivity contribution in [2.24, 2.45) is 0 Å². The minimum Gasteiger partial charge on any atom is -0.377 e. The molecule has 2 aliphatic heterocycles. The van der Waals surface area contributed by atoms with Crippen molar-refractivity contribution in [3.8, 4) is 0 Å². The molecule has 0 aliphatic carbocycles. The van der Waals surface area contributed by atoms with Gasteiger partial charge in [0.2, 0.25) is 0 Å². The summed E-state index contributed by atoms with van der Waals surface area (Å²) in [5.41, 5.74) is 0. The molecule has 4 nitrogen and oxygen atoms in total. The lowest BCUT2D eigenvalue weighted by molar-refractivity contribution is 0.0915. The maximum absolute atomic E-state index is 5.43. The number of likely N-dealkylation sites (N-methyl/N-ethyl adjacent to an activating group) is 1. The Morgan fingerprint density at radius 2 is 1.79 bits per heavy atom. The van der Waals surface area contributed by atoms with Gasteiger partial charge in [0.25, 0.3) is 0 Å². The molecular weight excluding hydrogens is 180 g/mol. The summed E-state index contributed by atoms with van der Waals surface area (Å²) in [5, 5.41) is 3.57. The maximum atomic E-state index is 5.43. The predicted octanol–water partition coefficient (Wildman–Crippen LogP) is -0.304. The molecule has 0 bridgehead atoms. The number of ether oxygens (including phenoxy) is 2. The van der Waals surface area contributed by atoms with Crippen LogP contribution in [0, 0.1) is 0 Å². The Labute approximate surface area is 85.5 Å². The number of hydrogen-bond donors (Lipinski definition) is 1. The van der Waals surface area contributed by atoms with Crippen LogP contribution in [-0.4, -0.2) is 63.0 Å². The smallest absolute Gasteiger partial charge is 0.0701 e. The predicted molar refractivity (Wildman–Crippen MR) is 54.5 cm³/mol. The van der Waals surface area contributed by atoms with Crippen LogP contribution in [0.15, 0.2) is 0 Å². The summed E-state index contributed by atoms with van der Waals surface area (Å²) >= 11 is 0. The fourth-order valence-corrected chi connectivity index (χ4v) is 1.98. The molecule has 2 rings (SSSR count). The lowest BCUT2D eigenvalue weighted by Gasteiger charge is -2.40. The molecule has 2 fully saturated rings. The van der Waals surface area contributed by atoms with Gasteiger partial charge in [-0.15, -0.1) is 0 Å². The van der Waals surface area contributed by atoms with Crippen molar-refractivity contribution in [3.63, 3.8) is 0 Å². The highest BCUT2D eigenvalue weighted by molar-refractivity contribution is 4.87. The van der Waals surface area contributed by atoms with Gasteiger partial charge in [-0.05, 0) is 6.54 Å². The van der Waals surface area contributed by atoms with E-state index in [0.717, 1.165) is 33.0 Å². The molecular formula is C10H20N2O2. The fraction of sp³-hybridized carbons (Fsp3) is 1.00. The van der Waals surface area contributed by atoms with Gasteiger partial charge in [-0.2, -0.15) is 0 Å².